The van der Waals surface area contributed by atoms with E-state index in [1.54, 1.807) is 24.3 Å². The number of carbonyl (C=O) groups excluding carboxylic acids is 2. The highest BCUT2D eigenvalue weighted by Gasteiger charge is 2.45. The minimum atomic E-state index is -1.09. The number of hydrogen-bond acceptors (Lipinski definition) is 5. The molecule has 2 amide bonds. The number of anilines is 1. The summed E-state index contributed by atoms with van der Waals surface area (Å²) in [6.07, 6.45) is 7.77. The molecule has 1 saturated carbocycles. The molecule has 3 fully saturated rings. The van der Waals surface area contributed by atoms with Gasteiger partial charge < -0.3 is 15.7 Å². The Hall–Kier alpha value is -3.46. The number of nitrogens with zero attached hydrogens (tertiary/aromatic N) is 2. The Balaban J connectivity index is 1.23. The molecule has 1 aliphatic carbocycles. The summed E-state index contributed by atoms with van der Waals surface area (Å²) in [5.41, 5.74) is 3.77. The summed E-state index contributed by atoms with van der Waals surface area (Å²) >= 11 is 12.2. The first-order valence-electron chi connectivity index (χ1n) is 14.2. The Morgan fingerprint density at radius 3 is 2.19 bits per heavy atom. The number of piperidine rings is 2. The number of aromatic nitrogens is 1. The van der Waals surface area contributed by atoms with Crippen molar-refractivity contribution in [3.05, 3.63) is 93.2 Å². The lowest BCUT2D eigenvalue weighted by atomic mass is 9.74. The van der Waals surface area contributed by atoms with Gasteiger partial charge >= 0.3 is 5.97 Å². The summed E-state index contributed by atoms with van der Waals surface area (Å²) in [6, 6.07) is 14.2. The third-order valence-corrected chi connectivity index (χ3v) is 8.98. The van der Waals surface area contributed by atoms with Crippen LogP contribution in [-0.2, 0) is 22.4 Å². The highest BCUT2D eigenvalue weighted by molar-refractivity contribution is 6.40. The number of aryl methyl sites for hydroxylation is 1. The number of carbonyl (C=O) groups is 3. The molecule has 0 unspecified atom stereocenters. The van der Waals surface area contributed by atoms with Crippen molar-refractivity contribution in [2.75, 3.05) is 11.9 Å². The van der Waals surface area contributed by atoms with Crippen LogP contribution in [0.5, 0.6) is 0 Å². The molecule has 1 aromatic heterocycles. The van der Waals surface area contributed by atoms with Gasteiger partial charge in [0, 0.05) is 37.1 Å². The molecule has 2 bridgehead atoms. The molecule has 6 rings (SSSR count). The molecule has 2 aliphatic heterocycles. The quantitative estimate of drug-likeness (QED) is 0.278. The van der Waals surface area contributed by atoms with Gasteiger partial charge in [-0.25, -0.2) is 4.79 Å². The Morgan fingerprint density at radius 1 is 0.952 bits per heavy atom. The first-order chi connectivity index (χ1) is 20.2. The molecule has 0 radical (unpaired) electrons. The molecule has 3 N–H and O–H groups in total. The van der Waals surface area contributed by atoms with Gasteiger partial charge in [-0.2, -0.15) is 0 Å². The predicted molar refractivity (Wildman–Crippen MR) is 163 cm³/mol. The number of fused-ring (bicyclic) bond motifs is 3. The number of benzene rings is 2. The zero-order valence-electron chi connectivity index (χ0n) is 23.4. The molecule has 2 atom stereocenters. The lowest BCUT2D eigenvalue weighted by Gasteiger charge is -2.50. The highest BCUT2D eigenvalue weighted by atomic mass is 35.5. The number of carboxylic acids is 1. The molecular formula is C32H34Cl2N4O4. The van der Waals surface area contributed by atoms with Gasteiger partial charge in [0.2, 0.25) is 5.91 Å². The van der Waals surface area contributed by atoms with E-state index >= 15 is 0 Å². The fourth-order valence-electron chi connectivity index (χ4n) is 6.19. The van der Waals surface area contributed by atoms with Crippen LogP contribution in [0.1, 0.15) is 52.7 Å². The van der Waals surface area contributed by atoms with Crippen LogP contribution >= 0.6 is 23.2 Å². The number of carboxylic acid groups (broad SMARTS) is 1. The van der Waals surface area contributed by atoms with Gasteiger partial charge in [-0.15, -0.1) is 0 Å². The van der Waals surface area contributed by atoms with Gasteiger partial charge in [0.05, 0.1) is 21.7 Å². The number of nitrogens with one attached hydrogen (secondary N) is 2. The van der Waals surface area contributed by atoms with Crippen LogP contribution in [0.25, 0.3) is 0 Å². The Labute approximate surface area is 255 Å². The van der Waals surface area contributed by atoms with Crippen LogP contribution in [0.3, 0.4) is 0 Å². The summed E-state index contributed by atoms with van der Waals surface area (Å²) < 4.78 is 0. The molecule has 3 aliphatic rings. The van der Waals surface area contributed by atoms with Crippen LogP contribution < -0.4 is 10.6 Å². The average Bonchev–Trinajstić information content (AvgIpc) is 2.97. The maximum absolute atomic E-state index is 13.6. The predicted octanol–water partition coefficient (Wildman–Crippen LogP) is 5.55. The number of hydrogen-bond donors (Lipinski definition) is 3. The van der Waals surface area contributed by atoms with E-state index in [9.17, 15) is 19.5 Å². The standard InChI is InChI=1S/C32H34Cl2N4O4/c1-19-2-4-20(5-3-19)14-15-38-24-12-8-22(9-13-24)29(38)31(40)37-27(32(41)42)16-21-6-10-23(11-7-21)36-30(39)28-25(33)17-35-18-26(28)34/h2-7,10-11,17-18,22,24,27,29H,8-9,12-16H2,1H3,(H,36,39)(H,37,40)(H,41,42)/t22?,24?,27-,29-/m0/s1. The van der Waals surface area contributed by atoms with Gasteiger partial charge in [0.15, 0.2) is 0 Å². The van der Waals surface area contributed by atoms with Gasteiger partial charge in [-0.05, 0) is 68.2 Å². The summed E-state index contributed by atoms with van der Waals surface area (Å²) in [6.45, 7) is 2.83. The lowest BCUT2D eigenvalue weighted by molar-refractivity contribution is -0.145. The largest absolute Gasteiger partial charge is 0.480 e. The molecule has 3 heterocycles. The first kappa shape index (κ1) is 30.0. The van der Waals surface area contributed by atoms with Gasteiger partial charge in [0.1, 0.15) is 6.04 Å². The van der Waals surface area contributed by atoms with E-state index in [0.717, 1.165) is 38.6 Å². The second kappa shape index (κ2) is 13.2. The fourth-order valence-corrected chi connectivity index (χ4v) is 6.72. The van der Waals surface area contributed by atoms with Crippen molar-refractivity contribution in [2.45, 2.75) is 63.6 Å². The van der Waals surface area contributed by atoms with E-state index in [2.05, 4.69) is 51.7 Å². The smallest absolute Gasteiger partial charge is 0.326 e. The molecule has 8 nitrogen and oxygen atoms in total. The molecule has 42 heavy (non-hydrogen) atoms. The van der Waals surface area contributed by atoms with E-state index in [-0.39, 0.29) is 39.9 Å². The van der Waals surface area contributed by atoms with E-state index < -0.39 is 17.9 Å². The van der Waals surface area contributed by atoms with Crippen molar-refractivity contribution in [1.29, 1.82) is 0 Å². The zero-order valence-corrected chi connectivity index (χ0v) is 24.9. The van der Waals surface area contributed by atoms with Gasteiger partial charge in [0.25, 0.3) is 5.91 Å². The zero-order chi connectivity index (χ0) is 29.8. The second-order valence-corrected chi connectivity index (χ2v) is 12.0. The minimum Gasteiger partial charge on any atom is -0.480 e. The fraction of sp³-hybridized carbons (Fsp3) is 0.375. The van der Waals surface area contributed by atoms with Crippen LogP contribution in [0, 0.1) is 12.8 Å². The SMILES string of the molecule is Cc1ccc(CCN2C3CCC(CC3)[C@H]2C(=O)N[C@@H](Cc2ccc(NC(=O)c3c(Cl)cncc3Cl)cc2)C(=O)O)cc1. The number of rotatable bonds is 10. The van der Waals surface area contributed by atoms with Crippen LogP contribution in [-0.4, -0.2) is 57.4 Å². The maximum Gasteiger partial charge on any atom is 0.326 e. The van der Waals surface area contributed by atoms with Gasteiger partial charge in [-0.1, -0.05) is 65.2 Å². The normalized spacial score (nSPS) is 20.6. The van der Waals surface area contributed by atoms with E-state index in [4.69, 9.17) is 23.2 Å². The summed E-state index contributed by atoms with van der Waals surface area (Å²) in [7, 11) is 0. The van der Waals surface area contributed by atoms with Crippen molar-refractivity contribution in [3.63, 3.8) is 0 Å². The molecule has 220 valence electrons. The molecule has 10 heteroatoms. The maximum atomic E-state index is 13.6. The Bertz CT molecular complexity index is 1420. The second-order valence-electron chi connectivity index (χ2n) is 11.2. The molecule has 2 aromatic carbocycles. The lowest BCUT2D eigenvalue weighted by Crippen LogP contribution is -2.62. The van der Waals surface area contributed by atoms with Crippen molar-refractivity contribution in [3.8, 4) is 0 Å². The number of pyridine rings is 1. The molecule has 3 aromatic rings. The van der Waals surface area contributed by atoms with Crippen LogP contribution in [0.15, 0.2) is 60.9 Å². The molecule has 2 saturated heterocycles. The first-order valence-corrected chi connectivity index (χ1v) is 15.0. The van der Waals surface area contributed by atoms with Gasteiger partial charge in [-0.3, -0.25) is 19.5 Å². The summed E-state index contributed by atoms with van der Waals surface area (Å²) in [5.74, 6) is -1.55. The van der Waals surface area contributed by atoms with Crippen molar-refractivity contribution in [2.24, 2.45) is 5.92 Å². The van der Waals surface area contributed by atoms with E-state index in [1.807, 2.05) is 0 Å². The Kier molecular flexibility index (Phi) is 9.46. The summed E-state index contributed by atoms with van der Waals surface area (Å²) in [5, 5.41) is 15.9. The Morgan fingerprint density at radius 2 is 1.57 bits per heavy atom. The average molecular weight is 610 g/mol. The number of halogens is 2. The van der Waals surface area contributed by atoms with Crippen molar-refractivity contribution in [1.82, 2.24) is 15.2 Å². The number of aliphatic carboxylic acids is 1. The third kappa shape index (κ3) is 6.94. The van der Waals surface area contributed by atoms with E-state index in [1.165, 1.54) is 23.5 Å². The van der Waals surface area contributed by atoms with Crippen LogP contribution in [0.4, 0.5) is 5.69 Å². The highest BCUT2D eigenvalue weighted by Crippen LogP contribution is 2.40. The minimum absolute atomic E-state index is 0.113. The summed E-state index contributed by atoms with van der Waals surface area (Å²) in [4.78, 5) is 44.7. The van der Waals surface area contributed by atoms with E-state index in [0.29, 0.717) is 17.3 Å². The monoisotopic (exact) mass is 608 g/mol. The van der Waals surface area contributed by atoms with Crippen molar-refractivity contribution < 1.29 is 19.5 Å². The molecule has 0 spiro atoms. The molecular weight excluding hydrogens is 575 g/mol. The third-order valence-electron chi connectivity index (χ3n) is 8.41. The number of amides is 2. The topological polar surface area (TPSA) is 112 Å². The van der Waals surface area contributed by atoms with Crippen LogP contribution in [0.2, 0.25) is 10.0 Å². The van der Waals surface area contributed by atoms with Crippen molar-refractivity contribution >= 4 is 46.7 Å².